The minimum absolute atomic E-state index is 0.245. The lowest BCUT2D eigenvalue weighted by Gasteiger charge is -2.58. The van der Waals surface area contributed by atoms with Gasteiger partial charge in [0.1, 0.15) is 5.78 Å². The molecule has 2 heteroatoms. The molecule has 0 spiro atoms. The van der Waals surface area contributed by atoms with Gasteiger partial charge in [-0.3, -0.25) is 9.59 Å². The van der Waals surface area contributed by atoms with Gasteiger partial charge in [0.25, 0.3) is 0 Å². The molecular weight excluding hydrogens is 284 g/mol. The molecule has 0 aromatic rings. The molecule has 2 nitrogen and oxygen atoms in total. The van der Waals surface area contributed by atoms with E-state index in [1.807, 2.05) is 6.08 Å². The van der Waals surface area contributed by atoms with Crippen molar-refractivity contribution in [3.8, 4) is 0 Å². The number of allylic oxidation sites excluding steroid dienone is 1. The first-order chi connectivity index (χ1) is 10.9. The standard InChI is InChI=1S/C21H30O2/c1-13(22)17-6-7-18-16-5-4-14-12-15(23)8-10-20(14,2)19(16)9-11-21(17,18)3/h12,16-19H,4-11H2,1-3H3/t16-,17-,18-,19-,20-,21+/m0/s1. The van der Waals surface area contributed by atoms with Crippen molar-refractivity contribution in [1.82, 2.24) is 0 Å². The molecule has 0 saturated heterocycles. The van der Waals surface area contributed by atoms with Crippen molar-refractivity contribution in [3.05, 3.63) is 11.6 Å². The van der Waals surface area contributed by atoms with Crippen molar-refractivity contribution in [1.29, 1.82) is 0 Å². The number of hydrogen-bond donors (Lipinski definition) is 0. The van der Waals surface area contributed by atoms with Gasteiger partial charge in [-0.2, -0.15) is 0 Å². The molecule has 0 radical (unpaired) electrons. The minimum atomic E-state index is 0.245. The van der Waals surface area contributed by atoms with Crippen molar-refractivity contribution in [2.24, 2.45) is 34.5 Å². The molecular formula is C21H30O2. The number of fused-ring (bicyclic) bond motifs is 5. The molecule has 0 aliphatic heterocycles. The maximum atomic E-state index is 12.1. The second-order valence-electron chi connectivity index (χ2n) is 9.25. The van der Waals surface area contributed by atoms with Gasteiger partial charge in [-0.1, -0.05) is 19.4 Å². The normalized spacial score (nSPS) is 49.0. The molecule has 0 amide bonds. The van der Waals surface area contributed by atoms with Crippen molar-refractivity contribution in [3.63, 3.8) is 0 Å². The molecule has 0 aromatic carbocycles. The zero-order valence-corrected chi connectivity index (χ0v) is 14.9. The molecule has 0 unspecified atom stereocenters. The Bertz CT molecular complexity index is 589. The zero-order chi connectivity index (χ0) is 16.4. The fraction of sp³-hybridized carbons (Fsp3) is 0.810. The first kappa shape index (κ1) is 15.6. The van der Waals surface area contributed by atoms with Crippen LogP contribution in [0.4, 0.5) is 0 Å². The molecule has 0 heterocycles. The Morgan fingerprint density at radius 3 is 2.57 bits per heavy atom. The van der Waals surface area contributed by atoms with Gasteiger partial charge < -0.3 is 0 Å². The average molecular weight is 314 g/mol. The summed E-state index contributed by atoms with van der Waals surface area (Å²) in [6.07, 6.45) is 10.9. The topological polar surface area (TPSA) is 34.1 Å². The first-order valence-corrected chi connectivity index (χ1v) is 9.60. The number of carbonyl (C=O) groups is 2. The lowest BCUT2D eigenvalue weighted by Crippen LogP contribution is -2.51. The number of carbonyl (C=O) groups excluding carboxylic acids is 2. The van der Waals surface area contributed by atoms with Crippen LogP contribution in [0.3, 0.4) is 0 Å². The maximum Gasteiger partial charge on any atom is 0.155 e. The van der Waals surface area contributed by atoms with Crippen LogP contribution >= 0.6 is 0 Å². The van der Waals surface area contributed by atoms with E-state index in [4.69, 9.17) is 0 Å². The molecule has 6 atom stereocenters. The van der Waals surface area contributed by atoms with Crippen molar-refractivity contribution in [2.75, 3.05) is 0 Å². The number of ketones is 2. The van der Waals surface area contributed by atoms with Crippen LogP contribution in [0.25, 0.3) is 0 Å². The molecule has 0 N–H and O–H groups in total. The summed E-state index contributed by atoms with van der Waals surface area (Å²) >= 11 is 0. The van der Waals surface area contributed by atoms with Crippen LogP contribution in [0.1, 0.15) is 72.1 Å². The van der Waals surface area contributed by atoms with Crippen LogP contribution < -0.4 is 0 Å². The zero-order valence-electron chi connectivity index (χ0n) is 14.9. The van der Waals surface area contributed by atoms with Gasteiger partial charge in [0.15, 0.2) is 5.78 Å². The van der Waals surface area contributed by atoms with Crippen molar-refractivity contribution >= 4 is 11.6 Å². The summed E-state index contributed by atoms with van der Waals surface area (Å²) in [7, 11) is 0. The van der Waals surface area contributed by atoms with E-state index in [-0.39, 0.29) is 10.8 Å². The summed E-state index contributed by atoms with van der Waals surface area (Å²) in [5.74, 6) is 3.29. The highest BCUT2D eigenvalue weighted by Gasteiger charge is 2.59. The monoisotopic (exact) mass is 314 g/mol. The third-order valence-corrected chi connectivity index (χ3v) is 8.45. The van der Waals surface area contributed by atoms with Crippen LogP contribution in [0.5, 0.6) is 0 Å². The lowest BCUT2D eigenvalue weighted by atomic mass is 9.47. The number of hydrogen-bond acceptors (Lipinski definition) is 2. The van der Waals surface area contributed by atoms with E-state index in [2.05, 4.69) is 13.8 Å². The number of rotatable bonds is 1. The molecule has 4 aliphatic rings. The van der Waals surface area contributed by atoms with Gasteiger partial charge in [-0.15, -0.1) is 0 Å². The Morgan fingerprint density at radius 2 is 1.83 bits per heavy atom. The molecule has 4 rings (SSSR count). The Labute approximate surface area is 140 Å². The summed E-state index contributed by atoms with van der Waals surface area (Å²) in [5, 5.41) is 0. The van der Waals surface area contributed by atoms with Gasteiger partial charge in [0.05, 0.1) is 0 Å². The van der Waals surface area contributed by atoms with Gasteiger partial charge in [-0.25, -0.2) is 0 Å². The quantitative estimate of drug-likeness (QED) is 0.701. The van der Waals surface area contributed by atoms with Crippen LogP contribution in [0.15, 0.2) is 11.6 Å². The van der Waals surface area contributed by atoms with Crippen LogP contribution in [-0.2, 0) is 9.59 Å². The third-order valence-electron chi connectivity index (χ3n) is 8.45. The Kier molecular flexibility index (Phi) is 3.42. The van der Waals surface area contributed by atoms with E-state index in [1.165, 1.54) is 31.3 Å². The average Bonchev–Trinajstić information content (AvgIpc) is 2.85. The second-order valence-corrected chi connectivity index (χ2v) is 9.25. The second kappa shape index (κ2) is 5.04. The van der Waals surface area contributed by atoms with Crippen molar-refractivity contribution < 1.29 is 9.59 Å². The summed E-state index contributed by atoms with van der Waals surface area (Å²) in [6.45, 7) is 6.65. The Balaban J connectivity index is 1.67. The molecule has 126 valence electrons. The molecule has 3 fully saturated rings. The molecule has 3 saturated carbocycles. The lowest BCUT2D eigenvalue weighted by molar-refractivity contribution is -0.128. The van der Waals surface area contributed by atoms with E-state index in [9.17, 15) is 9.59 Å². The van der Waals surface area contributed by atoms with Gasteiger partial charge in [0, 0.05) is 12.3 Å². The fourth-order valence-electron chi connectivity index (χ4n) is 7.23. The maximum absolute atomic E-state index is 12.1. The largest absolute Gasteiger partial charge is 0.300 e. The summed E-state index contributed by atoms with van der Waals surface area (Å²) in [6, 6.07) is 0. The van der Waals surface area contributed by atoms with E-state index in [1.54, 1.807) is 6.92 Å². The summed E-state index contributed by atoms with van der Waals surface area (Å²) in [5.41, 5.74) is 1.95. The first-order valence-electron chi connectivity index (χ1n) is 9.60. The molecule has 0 bridgehead atoms. The Hall–Kier alpha value is -0.920. The summed E-state index contributed by atoms with van der Waals surface area (Å²) < 4.78 is 0. The van der Waals surface area contributed by atoms with Gasteiger partial charge in [0.2, 0.25) is 0 Å². The Morgan fingerprint density at radius 1 is 1.04 bits per heavy atom. The van der Waals surface area contributed by atoms with E-state index in [0.29, 0.717) is 17.5 Å². The minimum Gasteiger partial charge on any atom is -0.300 e. The smallest absolute Gasteiger partial charge is 0.155 e. The highest BCUT2D eigenvalue weighted by Crippen LogP contribution is 2.66. The van der Waals surface area contributed by atoms with Crippen LogP contribution in [0, 0.1) is 34.5 Å². The highest BCUT2D eigenvalue weighted by atomic mass is 16.1. The number of Topliss-reactive ketones (excluding diaryl/α,β-unsaturated/α-hetero) is 1. The highest BCUT2D eigenvalue weighted by molar-refractivity contribution is 5.91. The third kappa shape index (κ3) is 2.06. The van der Waals surface area contributed by atoms with Gasteiger partial charge in [-0.05, 0) is 86.5 Å². The summed E-state index contributed by atoms with van der Waals surface area (Å²) in [4.78, 5) is 24.0. The van der Waals surface area contributed by atoms with E-state index in [0.717, 1.165) is 43.4 Å². The van der Waals surface area contributed by atoms with E-state index >= 15 is 0 Å². The predicted molar refractivity (Wildman–Crippen MR) is 90.9 cm³/mol. The fourth-order valence-corrected chi connectivity index (χ4v) is 7.23. The predicted octanol–water partition coefficient (Wildman–Crippen LogP) is 4.72. The van der Waals surface area contributed by atoms with Gasteiger partial charge >= 0.3 is 0 Å². The molecule has 0 aromatic heterocycles. The van der Waals surface area contributed by atoms with Crippen molar-refractivity contribution in [2.45, 2.75) is 72.1 Å². The van der Waals surface area contributed by atoms with E-state index < -0.39 is 0 Å². The van der Waals surface area contributed by atoms with Crippen LogP contribution in [-0.4, -0.2) is 11.6 Å². The molecule has 4 aliphatic carbocycles. The molecule has 23 heavy (non-hydrogen) atoms. The van der Waals surface area contributed by atoms with Crippen LogP contribution in [0.2, 0.25) is 0 Å². The SMILES string of the molecule is CC(=O)[C@@H]1CC[C@H]2[C@@H]3CCC4=CC(=O)CC[C@]4(C)[C@H]3CC[C@]12C.